The Hall–Kier alpha value is -2.42. The highest BCUT2D eigenvalue weighted by Crippen LogP contribution is 2.45. The first-order valence-electron chi connectivity index (χ1n) is 8.93. The standard InChI is InChI=1S/C19H25N2O7P/c1-14(2)26-19(22)15(3)20-29(24,27-17-8-6-5-7-9-17)28-18-12-10-16(11-13-18)21(23)25-4/h5-15,21H,1-4H3,(H,20,24)/t15-,29?/m0/s1. The summed E-state index contributed by atoms with van der Waals surface area (Å²) in [4.78, 5) is 16.8. The van der Waals surface area contributed by atoms with Gasteiger partial charge in [0.1, 0.15) is 17.5 Å². The van der Waals surface area contributed by atoms with E-state index in [4.69, 9.17) is 13.8 Å². The Kier molecular flexibility index (Phi) is 8.19. The van der Waals surface area contributed by atoms with Crippen LogP contribution in [0.1, 0.15) is 20.8 Å². The summed E-state index contributed by atoms with van der Waals surface area (Å²) < 4.78 is 29.6. The molecule has 0 bridgehead atoms. The average Bonchev–Trinajstić information content (AvgIpc) is 2.67. The summed E-state index contributed by atoms with van der Waals surface area (Å²) in [7, 11) is -2.76. The molecule has 0 heterocycles. The lowest BCUT2D eigenvalue weighted by Gasteiger charge is -2.24. The normalized spacial score (nSPS) is 15.2. The summed E-state index contributed by atoms with van der Waals surface area (Å²) in [6.45, 7) is 4.92. The third kappa shape index (κ3) is 7.16. The van der Waals surface area contributed by atoms with Crippen LogP contribution in [0.15, 0.2) is 54.6 Å². The number of rotatable bonds is 10. The maximum Gasteiger partial charge on any atom is 0.513 e. The van der Waals surface area contributed by atoms with Crippen LogP contribution in [-0.4, -0.2) is 25.2 Å². The zero-order chi connectivity index (χ0) is 21.4. The van der Waals surface area contributed by atoms with E-state index in [1.54, 1.807) is 44.2 Å². The predicted molar refractivity (Wildman–Crippen MR) is 107 cm³/mol. The third-order valence-corrected chi connectivity index (χ3v) is 5.13. The fourth-order valence-corrected chi connectivity index (χ4v) is 3.75. The molecule has 0 aliphatic rings. The van der Waals surface area contributed by atoms with Crippen molar-refractivity contribution in [3.8, 4) is 11.5 Å². The molecular formula is C19H25N2O7P. The predicted octanol–water partition coefficient (Wildman–Crippen LogP) is 2.76. The van der Waals surface area contributed by atoms with E-state index in [9.17, 15) is 14.6 Å². The van der Waals surface area contributed by atoms with E-state index in [0.717, 1.165) is 0 Å². The van der Waals surface area contributed by atoms with E-state index in [1.807, 2.05) is 0 Å². The lowest BCUT2D eigenvalue weighted by atomic mass is 10.3. The molecule has 2 N–H and O–H groups in total. The van der Waals surface area contributed by atoms with Crippen molar-refractivity contribution in [1.29, 1.82) is 0 Å². The van der Waals surface area contributed by atoms with Gasteiger partial charge in [0, 0.05) is 12.1 Å². The summed E-state index contributed by atoms with van der Waals surface area (Å²) in [5.41, 5.74) is 0.306. The minimum atomic E-state index is -4.03. The van der Waals surface area contributed by atoms with E-state index in [-0.39, 0.29) is 11.9 Å². The highest BCUT2D eigenvalue weighted by molar-refractivity contribution is 7.52. The molecule has 9 nitrogen and oxygen atoms in total. The molecule has 3 atom stereocenters. The summed E-state index contributed by atoms with van der Waals surface area (Å²) in [5.74, 6) is -0.130. The molecule has 0 saturated carbocycles. The molecule has 0 radical (unpaired) electrons. The second kappa shape index (κ2) is 10.4. The fraction of sp³-hybridized carbons (Fsp3) is 0.316. The minimum Gasteiger partial charge on any atom is -0.595 e. The van der Waals surface area contributed by atoms with Crippen molar-refractivity contribution in [3.63, 3.8) is 0 Å². The van der Waals surface area contributed by atoms with Crippen LogP contribution >= 0.6 is 7.75 Å². The maximum atomic E-state index is 13.4. The summed E-state index contributed by atoms with van der Waals surface area (Å²) in [5, 5.41) is 13.6. The van der Waals surface area contributed by atoms with Gasteiger partial charge in [-0.2, -0.15) is 10.3 Å². The highest BCUT2D eigenvalue weighted by atomic mass is 31.2. The molecule has 0 aromatic heterocycles. The van der Waals surface area contributed by atoms with Crippen molar-refractivity contribution in [3.05, 3.63) is 59.8 Å². The molecule has 0 saturated heterocycles. The van der Waals surface area contributed by atoms with E-state index in [2.05, 4.69) is 9.92 Å². The van der Waals surface area contributed by atoms with E-state index < -0.39 is 25.0 Å². The van der Waals surface area contributed by atoms with Crippen LogP contribution in [0.2, 0.25) is 0 Å². The van der Waals surface area contributed by atoms with E-state index in [0.29, 0.717) is 11.4 Å². The highest BCUT2D eigenvalue weighted by Gasteiger charge is 2.34. The van der Waals surface area contributed by atoms with Crippen molar-refractivity contribution in [1.82, 2.24) is 5.09 Å². The average molecular weight is 424 g/mol. The smallest absolute Gasteiger partial charge is 0.513 e. The number of para-hydroxylation sites is 1. The van der Waals surface area contributed by atoms with E-state index >= 15 is 0 Å². The zero-order valence-corrected chi connectivity index (χ0v) is 17.6. The van der Waals surface area contributed by atoms with Crippen LogP contribution in [0.5, 0.6) is 11.5 Å². The van der Waals surface area contributed by atoms with Gasteiger partial charge in [-0.25, -0.2) is 9.40 Å². The summed E-state index contributed by atoms with van der Waals surface area (Å²) in [6, 6.07) is 13.3. The van der Waals surface area contributed by atoms with Crippen LogP contribution in [0.3, 0.4) is 0 Å². The van der Waals surface area contributed by atoms with Crippen molar-refractivity contribution >= 4 is 19.4 Å². The maximum absolute atomic E-state index is 13.4. The molecule has 0 amide bonds. The Morgan fingerprint density at radius 3 is 2.07 bits per heavy atom. The van der Waals surface area contributed by atoms with Gasteiger partial charge in [0.2, 0.25) is 0 Å². The fourth-order valence-electron chi connectivity index (χ4n) is 2.22. The van der Waals surface area contributed by atoms with Crippen LogP contribution in [0.4, 0.5) is 5.69 Å². The molecule has 2 rings (SSSR count). The number of nitrogens with one attached hydrogen (secondary N) is 2. The number of esters is 1. The number of hydrogen-bond donors (Lipinski definition) is 2. The van der Waals surface area contributed by atoms with Gasteiger partial charge in [-0.15, -0.1) is 0 Å². The number of quaternary nitrogens is 1. The molecule has 158 valence electrons. The van der Waals surface area contributed by atoms with Crippen LogP contribution in [-0.2, 0) is 18.9 Å². The zero-order valence-electron chi connectivity index (χ0n) is 16.7. The second-order valence-corrected chi connectivity index (χ2v) is 7.96. The Morgan fingerprint density at radius 2 is 1.55 bits per heavy atom. The minimum absolute atomic E-state index is 0.175. The molecule has 2 aromatic rings. The Balaban J connectivity index is 2.22. The summed E-state index contributed by atoms with van der Waals surface area (Å²) >= 11 is 0. The first-order chi connectivity index (χ1) is 13.7. The monoisotopic (exact) mass is 424 g/mol. The number of hydrogen-bond acceptors (Lipinski definition) is 7. The lowest BCUT2D eigenvalue weighted by Crippen LogP contribution is -3.00. The molecule has 29 heavy (non-hydrogen) atoms. The van der Waals surface area contributed by atoms with Crippen molar-refractivity contribution in [2.24, 2.45) is 0 Å². The lowest BCUT2D eigenvalue weighted by molar-refractivity contribution is -0.992. The van der Waals surface area contributed by atoms with Gasteiger partial charge in [0.05, 0.1) is 13.2 Å². The third-order valence-electron chi connectivity index (χ3n) is 3.53. The van der Waals surface area contributed by atoms with E-state index in [1.165, 1.54) is 38.3 Å². The molecule has 10 heteroatoms. The Bertz CT molecular complexity index is 830. The number of ether oxygens (including phenoxy) is 1. The van der Waals surface area contributed by atoms with Crippen molar-refractivity contribution in [2.75, 3.05) is 7.11 Å². The van der Waals surface area contributed by atoms with Gasteiger partial charge in [0.25, 0.3) is 0 Å². The number of benzene rings is 2. The second-order valence-electron chi connectivity index (χ2n) is 6.35. The van der Waals surface area contributed by atoms with Crippen LogP contribution in [0, 0.1) is 5.21 Å². The van der Waals surface area contributed by atoms with Gasteiger partial charge >= 0.3 is 13.7 Å². The molecule has 0 aliphatic carbocycles. The molecule has 2 aromatic carbocycles. The largest absolute Gasteiger partial charge is 0.595 e. The summed E-state index contributed by atoms with van der Waals surface area (Å²) in [6.07, 6.45) is -0.326. The first kappa shape index (κ1) is 22.9. The van der Waals surface area contributed by atoms with Crippen LogP contribution in [0.25, 0.3) is 0 Å². The van der Waals surface area contributed by atoms with Gasteiger partial charge in [-0.1, -0.05) is 18.2 Å². The van der Waals surface area contributed by atoms with Crippen molar-refractivity contribution < 1.29 is 33.2 Å². The molecule has 0 aliphatic heterocycles. The number of carbonyl (C=O) groups is 1. The molecular weight excluding hydrogens is 399 g/mol. The first-order valence-corrected chi connectivity index (χ1v) is 10.5. The number of carbonyl (C=O) groups excluding carboxylic acids is 1. The van der Waals surface area contributed by atoms with Crippen molar-refractivity contribution in [2.45, 2.75) is 32.9 Å². The molecule has 0 fully saturated rings. The SMILES string of the molecule is CO[NH+]([O-])c1ccc(OP(=O)(N[C@@H](C)C(=O)OC(C)C)Oc2ccccc2)cc1. The Morgan fingerprint density at radius 1 is 1.00 bits per heavy atom. The van der Waals surface area contributed by atoms with Gasteiger partial charge < -0.3 is 19.0 Å². The quantitative estimate of drug-likeness (QED) is 0.340. The topological polar surface area (TPSA) is 111 Å². The van der Waals surface area contributed by atoms with Gasteiger partial charge in [-0.3, -0.25) is 4.79 Å². The van der Waals surface area contributed by atoms with Gasteiger partial charge in [0.15, 0.2) is 5.69 Å². The van der Waals surface area contributed by atoms with Crippen LogP contribution < -0.4 is 19.4 Å². The molecule has 2 unspecified atom stereocenters. The van der Waals surface area contributed by atoms with Gasteiger partial charge in [-0.05, 0) is 45.0 Å². The molecule has 0 spiro atoms. The Labute approximate surface area is 169 Å².